The van der Waals surface area contributed by atoms with Crippen molar-refractivity contribution < 1.29 is 18.8 Å². The second-order valence-corrected chi connectivity index (χ2v) is 9.41. The molecule has 170 valence electrons. The molecule has 1 fully saturated rings. The number of ketones is 1. The summed E-state index contributed by atoms with van der Waals surface area (Å²) in [6.45, 7) is 3.87. The Morgan fingerprint density at radius 3 is 2.67 bits per heavy atom. The molecule has 0 atom stereocenters. The lowest BCUT2D eigenvalue weighted by atomic mass is 10.0. The van der Waals surface area contributed by atoms with Gasteiger partial charge in [-0.15, -0.1) is 21.5 Å². The maximum atomic E-state index is 13.9. The van der Waals surface area contributed by atoms with Gasteiger partial charge in [-0.25, -0.2) is 4.39 Å². The van der Waals surface area contributed by atoms with E-state index in [0.717, 1.165) is 12.1 Å². The number of halogens is 1. The molecule has 0 spiro atoms. The van der Waals surface area contributed by atoms with E-state index in [1.165, 1.54) is 17.4 Å². The molecule has 1 aliphatic heterocycles. The van der Waals surface area contributed by atoms with E-state index in [4.69, 9.17) is 0 Å². The second kappa shape index (κ2) is 7.87. The van der Waals surface area contributed by atoms with Gasteiger partial charge in [-0.2, -0.15) is 0 Å². The highest BCUT2D eigenvalue weighted by Crippen LogP contribution is 2.46. The fourth-order valence-corrected chi connectivity index (χ4v) is 5.23. The smallest absolute Gasteiger partial charge is 0.294 e. The minimum absolute atomic E-state index is 0.230. The number of aromatic nitrogens is 3. The number of nitrogens with one attached hydrogen (secondary N) is 2. The Bertz CT molecular complexity index is 1290. The van der Waals surface area contributed by atoms with E-state index < -0.39 is 29.0 Å². The highest BCUT2D eigenvalue weighted by atomic mass is 32.1. The van der Waals surface area contributed by atoms with Crippen molar-refractivity contribution in [3.8, 4) is 0 Å². The molecule has 2 N–H and O–H groups in total. The number of nitrogens with zero attached hydrogens (tertiary/aromatic N) is 3. The Balaban J connectivity index is 1.43. The number of anilines is 1. The molecule has 33 heavy (non-hydrogen) atoms. The fourth-order valence-electron chi connectivity index (χ4n) is 4.46. The van der Waals surface area contributed by atoms with E-state index in [1.807, 2.05) is 0 Å². The zero-order chi connectivity index (χ0) is 23.3. The fraction of sp³-hybridized carbons (Fsp3) is 0.348. The summed E-state index contributed by atoms with van der Waals surface area (Å²) in [6.07, 6.45) is 2.79. The number of fused-ring (bicyclic) bond motifs is 1. The molecule has 0 unspecified atom stereocenters. The van der Waals surface area contributed by atoms with Crippen LogP contribution in [0.2, 0.25) is 0 Å². The monoisotopic (exact) mass is 467 g/mol. The summed E-state index contributed by atoms with van der Waals surface area (Å²) < 4.78 is 15.7. The second-order valence-electron chi connectivity index (χ2n) is 8.58. The predicted molar refractivity (Wildman–Crippen MR) is 120 cm³/mol. The summed E-state index contributed by atoms with van der Waals surface area (Å²) in [5.41, 5.74) is 3.56. The number of aryl methyl sites for hydroxylation is 1. The topological polar surface area (TPSA) is 106 Å². The molecule has 2 aliphatic rings. The van der Waals surface area contributed by atoms with Gasteiger partial charge in [0.15, 0.2) is 0 Å². The Morgan fingerprint density at radius 2 is 2.00 bits per heavy atom. The normalized spacial score (nSPS) is 15.7. The SMILES string of the molecule is Cc1ccc(NC(=O)c2c(C)c(C(=O)C(=O)NC3(c4nncs4)CC3)n3c2CCC3)cc1F. The van der Waals surface area contributed by atoms with Crippen molar-refractivity contribution >= 4 is 34.6 Å². The number of hydrogen-bond donors (Lipinski definition) is 2. The van der Waals surface area contributed by atoms with Crippen molar-refractivity contribution in [3.63, 3.8) is 0 Å². The first kappa shape index (κ1) is 21.4. The summed E-state index contributed by atoms with van der Waals surface area (Å²) in [4.78, 5) is 39.3. The van der Waals surface area contributed by atoms with Gasteiger partial charge in [0.05, 0.1) is 16.8 Å². The van der Waals surface area contributed by atoms with E-state index >= 15 is 0 Å². The lowest BCUT2D eigenvalue weighted by molar-refractivity contribution is -0.118. The van der Waals surface area contributed by atoms with E-state index in [2.05, 4.69) is 20.8 Å². The summed E-state index contributed by atoms with van der Waals surface area (Å²) in [5, 5.41) is 14.1. The van der Waals surface area contributed by atoms with E-state index in [0.29, 0.717) is 53.2 Å². The van der Waals surface area contributed by atoms with Crippen LogP contribution < -0.4 is 10.6 Å². The van der Waals surface area contributed by atoms with Gasteiger partial charge in [-0.1, -0.05) is 6.07 Å². The number of benzene rings is 1. The van der Waals surface area contributed by atoms with Crippen LogP contribution in [0.3, 0.4) is 0 Å². The summed E-state index contributed by atoms with van der Waals surface area (Å²) >= 11 is 1.34. The summed E-state index contributed by atoms with van der Waals surface area (Å²) in [6, 6.07) is 4.48. The van der Waals surface area contributed by atoms with E-state index in [1.54, 1.807) is 36.1 Å². The van der Waals surface area contributed by atoms with Crippen LogP contribution in [0.5, 0.6) is 0 Å². The molecule has 3 heterocycles. The average molecular weight is 468 g/mol. The standard InChI is InChI=1S/C23H22FN5O3S/c1-12-5-6-14(10-15(12)24)26-20(31)17-13(2)18(29-9-3-4-16(17)29)19(30)21(32)27-23(7-8-23)22-28-25-11-33-22/h5-6,10-11H,3-4,7-9H2,1-2H3,(H,26,31)(H,27,32). The molecular weight excluding hydrogens is 445 g/mol. The first-order chi connectivity index (χ1) is 15.8. The zero-order valence-electron chi connectivity index (χ0n) is 18.2. The van der Waals surface area contributed by atoms with Crippen LogP contribution in [-0.2, 0) is 23.3 Å². The van der Waals surface area contributed by atoms with Crippen LogP contribution in [0.25, 0.3) is 0 Å². The Labute approximate surface area is 193 Å². The number of amides is 2. The third-order valence-electron chi connectivity index (χ3n) is 6.36. The van der Waals surface area contributed by atoms with Gasteiger partial charge in [0, 0.05) is 17.9 Å². The van der Waals surface area contributed by atoms with E-state index in [9.17, 15) is 18.8 Å². The molecule has 1 saturated carbocycles. The predicted octanol–water partition coefficient (Wildman–Crippen LogP) is 3.28. The van der Waals surface area contributed by atoms with Gasteiger partial charge in [-0.3, -0.25) is 14.4 Å². The van der Waals surface area contributed by atoms with E-state index in [-0.39, 0.29) is 5.69 Å². The first-order valence-corrected chi connectivity index (χ1v) is 11.6. The molecule has 0 bridgehead atoms. The maximum absolute atomic E-state index is 13.9. The molecule has 3 aromatic rings. The number of Topliss-reactive ketones (excluding diaryl/α,β-unsaturated/α-hetero) is 1. The quantitative estimate of drug-likeness (QED) is 0.428. The van der Waals surface area contributed by atoms with Crippen molar-refractivity contribution in [2.24, 2.45) is 0 Å². The van der Waals surface area contributed by atoms with Gasteiger partial charge in [0.2, 0.25) is 0 Å². The van der Waals surface area contributed by atoms with Crippen LogP contribution >= 0.6 is 11.3 Å². The van der Waals surface area contributed by atoms with Gasteiger partial charge in [-0.05, 0) is 62.8 Å². The number of carbonyl (C=O) groups excluding carboxylic acids is 3. The average Bonchev–Trinajstić information content (AvgIpc) is 3.14. The van der Waals surface area contributed by atoms with Crippen LogP contribution in [0.4, 0.5) is 10.1 Å². The third-order valence-corrected chi connectivity index (χ3v) is 7.26. The van der Waals surface area contributed by atoms with Crippen molar-refractivity contribution in [1.82, 2.24) is 20.1 Å². The number of carbonyl (C=O) groups is 3. The summed E-state index contributed by atoms with van der Waals surface area (Å²) in [5.74, 6) is -2.23. The van der Waals surface area contributed by atoms with Gasteiger partial charge >= 0.3 is 0 Å². The Morgan fingerprint density at radius 1 is 1.21 bits per heavy atom. The zero-order valence-corrected chi connectivity index (χ0v) is 19.0. The van der Waals surface area contributed by atoms with Crippen LogP contribution in [-0.4, -0.2) is 32.4 Å². The maximum Gasteiger partial charge on any atom is 0.294 e. The molecule has 5 rings (SSSR count). The van der Waals surface area contributed by atoms with Crippen LogP contribution in [0, 0.1) is 19.7 Å². The van der Waals surface area contributed by atoms with Crippen LogP contribution in [0.1, 0.15) is 61.9 Å². The lowest BCUT2D eigenvalue weighted by Gasteiger charge is -2.14. The molecule has 2 aromatic heterocycles. The Hall–Kier alpha value is -3.40. The van der Waals surface area contributed by atoms with Gasteiger partial charge < -0.3 is 15.2 Å². The van der Waals surface area contributed by atoms with Crippen molar-refractivity contribution in [1.29, 1.82) is 0 Å². The molecule has 2 amide bonds. The van der Waals surface area contributed by atoms with Crippen molar-refractivity contribution in [2.45, 2.75) is 51.6 Å². The molecule has 1 aliphatic carbocycles. The molecule has 1 aromatic carbocycles. The molecule has 10 heteroatoms. The third kappa shape index (κ3) is 3.64. The molecule has 0 radical (unpaired) electrons. The van der Waals surface area contributed by atoms with Gasteiger partial charge in [0.1, 0.15) is 16.3 Å². The number of hydrogen-bond acceptors (Lipinski definition) is 6. The summed E-state index contributed by atoms with van der Waals surface area (Å²) in [7, 11) is 0. The van der Waals surface area contributed by atoms with Crippen molar-refractivity contribution in [3.05, 3.63) is 62.6 Å². The number of rotatable bonds is 6. The lowest BCUT2D eigenvalue weighted by Crippen LogP contribution is -2.40. The van der Waals surface area contributed by atoms with Crippen molar-refractivity contribution in [2.75, 3.05) is 5.32 Å². The molecule has 8 nitrogen and oxygen atoms in total. The minimum atomic E-state index is -0.717. The van der Waals surface area contributed by atoms with Gasteiger partial charge in [0.25, 0.3) is 17.6 Å². The largest absolute Gasteiger partial charge is 0.341 e. The first-order valence-electron chi connectivity index (χ1n) is 10.7. The Kier molecular flexibility index (Phi) is 5.12. The molecular formula is C23H22FN5O3S. The highest BCUT2D eigenvalue weighted by molar-refractivity contribution is 7.09. The highest BCUT2D eigenvalue weighted by Gasteiger charge is 2.49. The molecule has 0 saturated heterocycles. The minimum Gasteiger partial charge on any atom is -0.341 e. The van der Waals surface area contributed by atoms with Crippen LogP contribution in [0.15, 0.2) is 23.7 Å².